The van der Waals surface area contributed by atoms with Gasteiger partial charge in [0.15, 0.2) is 0 Å². The van der Waals surface area contributed by atoms with Crippen LogP contribution >= 0.6 is 0 Å². The molecule has 0 atom stereocenters. The normalized spacial score (nSPS) is 10.4. The fraction of sp³-hybridized carbons (Fsp3) is 0.333. The van der Waals surface area contributed by atoms with Gasteiger partial charge in [-0.05, 0) is 30.5 Å². The maximum Gasteiger partial charge on any atom is 0.119 e. The van der Waals surface area contributed by atoms with E-state index in [1.807, 2.05) is 25.4 Å². The van der Waals surface area contributed by atoms with E-state index >= 15 is 0 Å². The minimum absolute atomic E-state index is 0.900. The molecule has 0 N–H and O–H groups in total. The summed E-state index contributed by atoms with van der Waals surface area (Å²) in [7, 11) is 3.56. The first-order valence-electron chi connectivity index (χ1n) is 5.26. The lowest BCUT2D eigenvalue weighted by molar-refractivity contribution is 0.414. The van der Waals surface area contributed by atoms with E-state index in [0.717, 1.165) is 24.3 Å². The lowest BCUT2D eigenvalue weighted by atomic mass is 10.1. The van der Waals surface area contributed by atoms with E-state index in [4.69, 9.17) is 4.74 Å². The average Bonchev–Trinajstić information content (AvgIpc) is 2.73. The van der Waals surface area contributed by atoms with Gasteiger partial charge >= 0.3 is 0 Å². The van der Waals surface area contributed by atoms with Crippen LogP contribution in [0, 0.1) is 0 Å². The third kappa shape index (κ3) is 2.59. The third-order valence-electron chi connectivity index (χ3n) is 2.45. The molecule has 0 amide bonds. The molecule has 1 heterocycles. The molecule has 0 aliphatic carbocycles. The molecule has 2 aromatic rings. The second kappa shape index (κ2) is 4.79. The Morgan fingerprint density at radius 1 is 1.31 bits per heavy atom. The highest BCUT2D eigenvalue weighted by Gasteiger charge is 2.00. The molecule has 84 valence electrons. The summed E-state index contributed by atoms with van der Waals surface area (Å²) in [5, 5.41) is 7.96. The Balaban J connectivity index is 1.99. The van der Waals surface area contributed by atoms with Crippen LogP contribution in [0.1, 0.15) is 11.3 Å². The van der Waals surface area contributed by atoms with Gasteiger partial charge in [-0.3, -0.25) is 4.68 Å². The molecule has 4 heteroatoms. The van der Waals surface area contributed by atoms with Gasteiger partial charge in [-0.25, -0.2) is 0 Å². The Hall–Kier alpha value is -1.84. The highest BCUT2D eigenvalue weighted by atomic mass is 16.5. The number of hydrogen-bond acceptors (Lipinski definition) is 3. The van der Waals surface area contributed by atoms with Crippen LogP contribution in [0.5, 0.6) is 5.75 Å². The number of benzene rings is 1. The van der Waals surface area contributed by atoms with Crippen molar-refractivity contribution in [1.82, 2.24) is 15.0 Å². The SMILES string of the molecule is COc1cccc(CCc2cn(C)nn2)c1. The summed E-state index contributed by atoms with van der Waals surface area (Å²) in [5.74, 6) is 0.900. The minimum atomic E-state index is 0.900. The van der Waals surface area contributed by atoms with Gasteiger partial charge < -0.3 is 4.74 Å². The first kappa shape index (κ1) is 10.7. The highest BCUT2D eigenvalue weighted by Crippen LogP contribution is 2.14. The molecular weight excluding hydrogens is 202 g/mol. The quantitative estimate of drug-likeness (QED) is 0.781. The maximum atomic E-state index is 5.18. The average molecular weight is 217 g/mol. The Kier molecular flexibility index (Phi) is 3.19. The van der Waals surface area contributed by atoms with Crippen molar-refractivity contribution in [2.24, 2.45) is 7.05 Å². The molecule has 0 bridgehead atoms. The van der Waals surface area contributed by atoms with Gasteiger partial charge in [-0.1, -0.05) is 17.3 Å². The molecule has 0 unspecified atom stereocenters. The van der Waals surface area contributed by atoms with Crippen molar-refractivity contribution in [2.75, 3.05) is 7.11 Å². The molecule has 1 aromatic heterocycles. The summed E-state index contributed by atoms with van der Waals surface area (Å²) in [6.45, 7) is 0. The van der Waals surface area contributed by atoms with Crippen LogP contribution in [0.2, 0.25) is 0 Å². The standard InChI is InChI=1S/C12H15N3O/c1-15-9-11(13-14-15)7-6-10-4-3-5-12(8-10)16-2/h3-5,8-9H,6-7H2,1-2H3. The van der Waals surface area contributed by atoms with Gasteiger partial charge in [0.25, 0.3) is 0 Å². The van der Waals surface area contributed by atoms with E-state index in [-0.39, 0.29) is 0 Å². The van der Waals surface area contributed by atoms with Crippen molar-refractivity contribution in [3.8, 4) is 5.75 Å². The zero-order valence-electron chi connectivity index (χ0n) is 9.55. The van der Waals surface area contributed by atoms with Gasteiger partial charge in [-0.2, -0.15) is 0 Å². The van der Waals surface area contributed by atoms with Gasteiger partial charge in [-0.15, -0.1) is 5.10 Å². The Morgan fingerprint density at radius 2 is 2.19 bits per heavy atom. The molecule has 4 nitrogen and oxygen atoms in total. The number of aryl methyl sites for hydroxylation is 3. The Bertz CT molecular complexity index is 465. The maximum absolute atomic E-state index is 5.18. The van der Waals surface area contributed by atoms with Crippen LogP contribution < -0.4 is 4.74 Å². The van der Waals surface area contributed by atoms with Gasteiger partial charge in [0.1, 0.15) is 5.75 Å². The molecular formula is C12H15N3O. The second-order valence-corrected chi connectivity index (χ2v) is 3.74. The Morgan fingerprint density at radius 3 is 2.88 bits per heavy atom. The number of hydrogen-bond donors (Lipinski definition) is 0. The third-order valence-corrected chi connectivity index (χ3v) is 2.45. The smallest absolute Gasteiger partial charge is 0.119 e. The van der Waals surface area contributed by atoms with Crippen LogP contribution in [0.3, 0.4) is 0 Å². The van der Waals surface area contributed by atoms with Gasteiger partial charge in [0, 0.05) is 13.2 Å². The molecule has 1 aromatic carbocycles. The predicted molar refractivity (Wildman–Crippen MR) is 61.4 cm³/mol. The van der Waals surface area contributed by atoms with Crippen molar-refractivity contribution < 1.29 is 4.74 Å². The molecule has 0 radical (unpaired) electrons. The van der Waals surface area contributed by atoms with E-state index < -0.39 is 0 Å². The van der Waals surface area contributed by atoms with E-state index in [1.165, 1.54) is 5.56 Å². The topological polar surface area (TPSA) is 39.9 Å². The van der Waals surface area contributed by atoms with Gasteiger partial charge in [0.05, 0.1) is 12.8 Å². The van der Waals surface area contributed by atoms with Crippen molar-refractivity contribution >= 4 is 0 Å². The zero-order chi connectivity index (χ0) is 11.4. The highest BCUT2D eigenvalue weighted by molar-refractivity contribution is 5.28. The lowest BCUT2D eigenvalue weighted by Gasteiger charge is -2.02. The molecule has 0 saturated heterocycles. The number of ether oxygens (including phenoxy) is 1. The van der Waals surface area contributed by atoms with Crippen molar-refractivity contribution in [2.45, 2.75) is 12.8 Å². The van der Waals surface area contributed by atoms with Crippen LogP contribution in [0.15, 0.2) is 30.5 Å². The van der Waals surface area contributed by atoms with Crippen molar-refractivity contribution in [3.05, 3.63) is 41.7 Å². The fourth-order valence-electron chi connectivity index (χ4n) is 1.61. The molecule has 2 rings (SSSR count). The summed E-state index contributed by atoms with van der Waals surface area (Å²) in [4.78, 5) is 0. The number of aromatic nitrogens is 3. The van der Waals surface area contributed by atoms with Crippen molar-refractivity contribution in [3.63, 3.8) is 0 Å². The lowest BCUT2D eigenvalue weighted by Crippen LogP contribution is -1.92. The summed E-state index contributed by atoms with van der Waals surface area (Å²) < 4.78 is 6.90. The second-order valence-electron chi connectivity index (χ2n) is 3.74. The molecule has 0 aliphatic rings. The van der Waals surface area contributed by atoms with Crippen LogP contribution in [0.25, 0.3) is 0 Å². The van der Waals surface area contributed by atoms with E-state index in [1.54, 1.807) is 11.8 Å². The monoisotopic (exact) mass is 217 g/mol. The molecule has 0 fully saturated rings. The van der Waals surface area contributed by atoms with E-state index in [0.29, 0.717) is 0 Å². The largest absolute Gasteiger partial charge is 0.497 e. The minimum Gasteiger partial charge on any atom is -0.497 e. The Labute approximate surface area is 94.9 Å². The number of methoxy groups -OCH3 is 1. The number of nitrogens with zero attached hydrogens (tertiary/aromatic N) is 3. The van der Waals surface area contributed by atoms with Crippen LogP contribution in [-0.2, 0) is 19.9 Å². The van der Waals surface area contributed by atoms with E-state index in [9.17, 15) is 0 Å². The van der Waals surface area contributed by atoms with Gasteiger partial charge in [0.2, 0.25) is 0 Å². The zero-order valence-corrected chi connectivity index (χ0v) is 9.55. The first-order valence-corrected chi connectivity index (χ1v) is 5.26. The first-order chi connectivity index (χ1) is 7.78. The van der Waals surface area contributed by atoms with Crippen molar-refractivity contribution in [1.29, 1.82) is 0 Å². The summed E-state index contributed by atoms with van der Waals surface area (Å²) in [5.41, 5.74) is 2.27. The molecule has 0 saturated carbocycles. The van der Waals surface area contributed by atoms with Crippen LogP contribution in [0.4, 0.5) is 0 Å². The molecule has 16 heavy (non-hydrogen) atoms. The van der Waals surface area contributed by atoms with E-state index in [2.05, 4.69) is 22.4 Å². The summed E-state index contributed by atoms with van der Waals surface area (Å²) in [6.07, 6.45) is 3.80. The fourth-order valence-corrected chi connectivity index (χ4v) is 1.61. The summed E-state index contributed by atoms with van der Waals surface area (Å²) >= 11 is 0. The molecule has 0 aliphatic heterocycles. The van der Waals surface area contributed by atoms with Crippen LogP contribution in [-0.4, -0.2) is 22.1 Å². The summed E-state index contributed by atoms with van der Waals surface area (Å²) in [6, 6.07) is 8.10. The number of rotatable bonds is 4. The predicted octanol–water partition coefficient (Wildman–Crippen LogP) is 1.61. The molecule has 0 spiro atoms.